The fourth-order valence-electron chi connectivity index (χ4n) is 4.38. The molecule has 1 atom stereocenters. The van der Waals surface area contributed by atoms with E-state index in [0.717, 1.165) is 27.8 Å². The number of amides is 2. The molecular formula is C33H32N2O5S. The summed E-state index contributed by atoms with van der Waals surface area (Å²) in [6, 6.07) is 33.0. The van der Waals surface area contributed by atoms with Crippen LogP contribution in [0.25, 0.3) is 17.2 Å². The van der Waals surface area contributed by atoms with E-state index >= 15 is 0 Å². The zero-order valence-corrected chi connectivity index (χ0v) is 23.8. The largest absolute Gasteiger partial charge is 0.497 e. The number of benzene rings is 4. The van der Waals surface area contributed by atoms with Crippen molar-refractivity contribution in [1.29, 1.82) is 0 Å². The van der Waals surface area contributed by atoms with Gasteiger partial charge in [-0.05, 0) is 65.9 Å². The van der Waals surface area contributed by atoms with Gasteiger partial charge in [0.2, 0.25) is 11.8 Å². The second kappa shape index (κ2) is 13.6. The van der Waals surface area contributed by atoms with Crippen LogP contribution in [-0.4, -0.2) is 33.9 Å². The third kappa shape index (κ3) is 7.93. The number of methoxy groups -OCH3 is 1. The lowest BCUT2D eigenvalue weighted by Crippen LogP contribution is -2.46. The van der Waals surface area contributed by atoms with Gasteiger partial charge in [0.15, 0.2) is 0 Å². The Bertz CT molecular complexity index is 1590. The first-order chi connectivity index (χ1) is 19.8. The molecule has 8 heteroatoms. The number of carbonyl (C=O) groups excluding carboxylic acids is 2. The fraction of sp³-hybridized carbons (Fsp3) is 0.152. The van der Waals surface area contributed by atoms with E-state index in [1.807, 2.05) is 67.6 Å². The molecule has 41 heavy (non-hydrogen) atoms. The first-order valence-electron chi connectivity index (χ1n) is 13.2. The Balaban J connectivity index is 1.59. The molecule has 0 spiro atoms. The summed E-state index contributed by atoms with van der Waals surface area (Å²) in [7, 11) is -2.55. The van der Waals surface area contributed by atoms with Gasteiger partial charge < -0.3 is 9.64 Å². The molecular weight excluding hydrogens is 536 g/mol. The molecule has 0 heterocycles. The van der Waals surface area contributed by atoms with Crippen molar-refractivity contribution in [2.75, 3.05) is 18.6 Å². The number of rotatable bonds is 11. The number of nitrogens with one attached hydrogen (secondary N) is 1. The zero-order valence-electron chi connectivity index (χ0n) is 22.9. The first kappa shape index (κ1) is 29.3. The Morgan fingerprint density at radius 1 is 0.829 bits per heavy atom. The van der Waals surface area contributed by atoms with Gasteiger partial charge in [-0.3, -0.25) is 9.59 Å². The van der Waals surface area contributed by atoms with Gasteiger partial charge in [-0.25, -0.2) is 13.1 Å². The van der Waals surface area contributed by atoms with Crippen LogP contribution in [0.5, 0.6) is 5.75 Å². The molecule has 0 saturated heterocycles. The minimum absolute atomic E-state index is 0.0226. The highest BCUT2D eigenvalue weighted by molar-refractivity contribution is 7.93. The van der Waals surface area contributed by atoms with Gasteiger partial charge in [0.05, 0.1) is 12.5 Å². The van der Waals surface area contributed by atoms with Crippen molar-refractivity contribution >= 4 is 33.6 Å². The highest BCUT2D eigenvalue weighted by Gasteiger charge is 2.33. The molecule has 7 nitrogen and oxygen atoms in total. The number of carbonyl (C=O) groups is 2. The van der Waals surface area contributed by atoms with Gasteiger partial charge in [-0.1, -0.05) is 84.9 Å². The third-order valence-corrected chi connectivity index (χ3v) is 7.54. The molecule has 2 amide bonds. The number of para-hydroxylation sites is 1. The van der Waals surface area contributed by atoms with Crippen LogP contribution in [0, 0.1) is 5.92 Å². The third-order valence-electron chi connectivity index (χ3n) is 6.56. The van der Waals surface area contributed by atoms with Crippen molar-refractivity contribution < 1.29 is 22.7 Å². The number of nitrogens with zero attached hydrogens (tertiary/aromatic N) is 1. The van der Waals surface area contributed by atoms with Crippen LogP contribution in [-0.2, 0) is 26.0 Å². The van der Waals surface area contributed by atoms with Crippen molar-refractivity contribution in [2.24, 2.45) is 5.92 Å². The van der Waals surface area contributed by atoms with Crippen molar-refractivity contribution in [3.63, 3.8) is 0 Å². The van der Waals surface area contributed by atoms with Gasteiger partial charge in [0.25, 0.3) is 10.0 Å². The minimum Gasteiger partial charge on any atom is -0.497 e. The summed E-state index contributed by atoms with van der Waals surface area (Å²) >= 11 is 0. The number of hydrogen-bond acceptors (Lipinski definition) is 5. The van der Waals surface area contributed by atoms with Gasteiger partial charge in [-0.15, -0.1) is 0 Å². The average molecular weight is 569 g/mol. The SMILES string of the molecule is CCN(C(=O)C(Cc1ccc(-c2ccc(OC)cc2)cc1)C(=O)NS(=O)(=O)C=Cc1ccccc1)c1ccccc1. The van der Waals surface area contributed by atoms with Crippen molar-refractivity contribution in [2.45, 2.75) is 13.3 Å². The van der Waals surface area contributed by atoms with Gasteiger partial charge >= 0.3 is 0 Å². The maximum Gasteiger partial charge on any atom is 0.257 e. The molecule has 4 aromatic carbocycles. The Labute approximate surface area is 241 Å². The summed E-state index contributed by atoms with van der Waals surface area (Å²) in [5.74, 6) is -1.90. The van der Waals surface area contributed by atoms with E-state index in [9.17, 15) is 18.0 Å². The molecule has 4 rings (SSSR count). The summed E-state index contributed by atoms with van der Waals surface area (Å²) in [5, 5.41) is 0.931. The Morgan fingerprint density at radius 2 is 1.39 bits per heavy atom. The number of ether oxygens (including phenoxy) is 1. The van der Waals surface area contributed by atoms with Crippen molar-refractivity contribution in [3.8, 4) is 16.9 Å². The summed E-state index contributed by atoms with van der Waals surface area (Å²) in [5.41, 5.74) is 3.95. The smallest absolute Gasteiger partial charge is 0.257 e. The number of anilines is 1. The summed E-state index contributed by atoms with van der Waals surface area (Å²) in [6.07, 6.45) is 1.42. The second-order valence-corrected chi connectivity index (χ2v) is 10.9. The van der Waals surface area contributed by atoms with Crippen LogP contribution in [0.4, 0.5) is 5.69 Å². The van der Waals surface area contributed by atoms with Crippen LogP contribution in [0.15, 0.2) is 115 Å². The topological polar surface area (TPSA) is 92.8 Å². The van der Waals surface area contributed by atoms with E-state index in [2.05, 4.69) is 4.72 Å². The van der Waals surface area contributed by atoms with E-state index in [1.165, 1.54) is 11.0 Å². The molecule has 1 unspecified atom stereocenters. The molecule has 0 aliphatic rings. The van der Waals surface area contributed by atoms with Crippen molar-refractivity contribution in [1.82, 2.24) is 4.72 Å². The summed E-state index contributed by atoms with van der Waals surface area (Å²) < 4.78 is 32.9. The van der Waals surface area contributed by atoms with Gasteiger partial charge in [-0.2, -0.15) is 0 Å². The Kier molecular flexibility index (Phi) is 9.71. The lowest BCUT2D eigenvalue weighted by atomic mass is 9.95. The molecule has 0 aliphatic heterocycles. The van der Waals surface area contributed by atoms with E-state index < -0.39 is 27.8 Å². The molecule has 0 aromatic heterocycles. The zero-order chi connectivity index (χ0) is 29.2. The van der Waals surface area contributed by atoms with Crippen LogP contribution >= 0.6 is 0 Å². The number of hydrogen-bond donors (Lipinski definition) is 1. The van der Waals surface area contributed by atoms with Gasteiger partial charge in [0.1, 0.15) is 11.7 Å². The molecule has 210 valence electrons. The lowest BCUT2D eigenvalue weighted by molar-refractivity contribution is -0.132. The molecule has 1 N–H and O–H groups in total. The highest BCUT2D eigenvalue weighted by atomic mass is 32.2. The van der Waals surface area contributed by atoms with Crippen molar-refractivity contribution in [3.05, 3.63) is 126 Å². The van der Waals surface area contributed by atoms with E-state index in [-0.39, 0.29) is 6.42 Å². The van der Waals surface area contributed by atoms with Crippen LogP contribution in [0.1, 0.15) is 18.1 Å². The molecule has 0 bridgehead atoms. The minimum atomic E-state index is -4.16. The number of sulfonamides is 1. The first-order valence-corrected chi connectivity index (χ1v) is 14.7. The molecule has 0 fully saturated rings. The standard InChI is InChI=1S/C33H32N2O5S/c1-3-35(29-12-8-5-9-13-29)33(37)31(32(36)34-41(38,39)23-22-25-10-6-4-7-11-25)24-26-14-16-27(17-15-26)28-18-20-30(40-2)21-19-28/h4-23,31H,3,24H2,1-2H3,(H,34,36). The predicted molar refractivity (Wildman–Crippen MR) is 163 cm³/mol. The highest BCUT2D eigenvalue weighted by Crippen LogP contribution is 2.25. The lowest BCUT2D eigenvalue weighted by Gasteiger charge is -2.26. The quantitative estimate of drug-likeness (QED) is 0.235. The molecule has 0 aliphatic carbocycles. The molecule has 0 saturated carbocycles. The Hall–Kier alpha value is -4.69. The summed E-state index contributed by atoms with van der Waals surface area (Å²) in [6.45, 7) is 2.12. The van der Waals surface area contributed by atoms with Crippen LogP contribution in [0.3, 0.4) is 0 Å². The maximum absolute atomic E-state index is 13.8. The normalized spacial score (nSPS) is 12.0. The fourth-order valence-corrected chi connectivity index (χ4v) is 5.21. The summed E-state index contributed by atoms with van der Waals surface area (Å²) in [4.78, 5) is 28.7. The van der Waals surface area contributed by atoms with E-state index in [0.29, 0.717) is 17.8 Å². The van der Waals surface area contributed by atoms with Gasteiger partial charge in [0, 0.05) is 12.2 Å². The predicted octanol–water partition coefficient (Wildman–Crippen LogP) is 5.69. The Morgan fingerprint density at radius 3 is 1.95 bits per heavy atom. The monoisotopic (exact) mass is 568 g/mol. The maximum atomic E-state index is 13.8. The van der Waals surface area contributed by atoms with E-state index in [1.54, 1.807) is 55.6 Å². The molecule has 4 aromatic rings. The second-order valence-electron chi connectivity index (χ2n) is 9.32. The van der Waals surface area contributed by atoms with Crippen LogP contribution < -0.4 is 14.4 Å². The van der Waals surface area contributed by atoms with E-state index in [4.69, 9.17) is 4.74 Å². The van der Waals surface area contributed by atoms with Crippen LogP contribution in [0.2, 0.25) is 0 Å². The average Bonchev–Trinajstić information content (AvgIpc) is 3.00. The molecule has 0 radical (unpaired) electrons.